The summed E-state index contributed by atoms with van der Waals surface area (Å²) in [6.07, 6.45) is 0. The van der Waals surface area contributed by atoms with E-state index in [1.54, 1.807) is 24.3 Å². The van der Waals surface area contributed by atoms with Gasteiger partial charge in [0.2, 0.25) is 0 Å². The smallest absolute Gasteiger partial charge is 0.336 e. The molecule has 0 fully saturated rings. The lowest BCUT2D eigenvalue weighted by atomic mass is 10.00. The molecular formula is C50H38O5Si2. The van der Waals surface area contributed by atoms with E-state index in [0.29, 0.717) is 11.1 Å². The fourth-order valence-corrected chi connectivity index (χ4v) is 18.5. The van der Waals surface area contributed by atoms with Gasteiger partial charge in [-0.3, -0.25) is 0 Å². The van der Waals surface area contributed by atoms with E-state index in [2.05, 4.69) is 109 Å². The Kier molecular flexibility index (Phi) is 10.4. The first-order valence-corrected chi connectivity index (χ1v) is 22.5. The van der Waals surface area contributed by atoms with Crippen LogP contribution in [0.2, 0.25) is 0 Å². The number of rotatable bonds is 12. The van der Waals surface area contributed by atoms with E-state index in [-0.39, 0.29) is 11.1 Å². The summed E-state index contributed by atoms with van der Waals surface area (Å²) >= 11 is 0. The number of carboxylic acids is 2. The molecule has 8 rings (SSSR count). The molecule has 0 saturated heterocycles. The van der Waals surface area contributed by atoms with Crippen LogP contribution in [0, 0.1) is 0 Å². The van der Waals surface area contributed by atoms with Crippen LogP contribution in [-0.2, 0) is 4.12 Å². The number of hydrogen-bond acceptors (Lipinski definition) is 3. The average Bonchev–Trinajstić information content (AvgIpc) is 3.28. The van der Waals surface area contributed by atoms with E-state index in [4.69, 9.17) is 4.12 Å². The molecule has 0 bridgehead atoms. The topological polar surface area (TPSA) is 83.8 Å². The Bertz CT molecular complexity index is 2440. The maximum Gasteiger partial charge on any atom is 0.336 e. The molecule has 0 radical (unpaired) electrons. The van der Waals surface area contributed by atoms with E-state index in [1.165, 1.54) is 0 Å². The molecule has 8 aromatic carbocycles. The predicted molar refractivity (Wildman–Crippen MR) is 234 cm³/mol. The summed E-state index contributed by atoms with van der Waals surface area (Å²) in [5.41, 5.74) is 3.29. The van der Waals surface area contributed by atoms with Gasteiger partial charge in [-0.05, 0) is 65.5 Å². The SMILES string of the molecule is O=C(O)c1ccccc1-c1ccc([Si](O[Si](c2ccccc2)(c2ccccc2)c2ccccc2)(c2ccccc2)c2ccc(-c3ccccc3C(=O)O)cc2)cc1. The molecular weight excluding hydrogens is 737 g/mol. The van der Waals surface area contributed by atoms with Crippen LogP contribution >= 0.6 is 0 Å². The third kappa shape index (κ3) is 6.96. The summed E-state index contributed by atoms with van der Waals surface area (Å²) < 4.78 is 8.45. The quantitative estimate of drug-likeness (QED) is 0.103. The highest BCUT2D eigenvalue weighted by Crippen LogP contribution is 2.27. The molecule has 0 saturated carbocycles. The molecule has 8 aromatic rings. The van der Waals surface area contributed by atoms with Crippen molar-refractivity contribution in [2.75, 3.05) is 0 Å². The maximum absolute atomic E-state index is 12.3. The molecule has 0 atom stereocenters. The maximum atomic E-state index is 12.3. The molecule has 0 aliphatic heterocycles. The fourth-order valence-electron chi connectivity index (χ4n) is 7.89. The minimum atomic E-state index is -3.60. The lowest BCUT2D eigenvalue weighted by molar-refractivity contribution is 0.0687. The Morgan fingerprint density at radius 3 is 0.842 bits per heavy atom. The van der Waals surface area contributed by atoms with Crippen molar-refractivity contribution >= 4 is 59.7 Å². The van der Waals surface area contributed by atoms with Crippen LogP contribution in [0.3, 0.4) is 0 Å². The lowest BCUT2D eigenvalue weighted by Gasteiger charge is -2.44. The van der Waals surface area contributed by atoms with Gasteiger partial charge in [-0.1, -0.05) is 206 Å². The second kappa shape index (κ2) is 16.1. The third-order valence-electron chi connectivity index (χ3n) is 10.5. The fraction of sp³-hybridized carbons (Fsp3) is 0. The molecule has 276 valence electrons. The largest absolute Gasteiger partial charge is 0.478 e. The van der Waals surface area contributed by atoms with Crippen molar-refractivity contribution in [3.8, 4) is 22.3 Å². The van der Waals surface area contributed by atoms with Crippen molar-refractivity contribution in [2.24, 2.45) is 0 Å². The summed E-state index contributed by atoms with van der Waals surface area (Å²) in [5, 5.41) is 26.4. The van der Waals surface area contributed by atoms with Crippen molar-refractivity contribution in [3.63, 3.8) is 0 Å². The summed E-state index contributed by atoms with van der Waals surface area (Å²) in [4.78, 5) is 24.6. The molecule has 2 N–H and O–H groups in total. The van der Waals surface area contributed by atoms with Gasteiger partial charge in [0.05, 0.1) is 11.1 Å². The van der Waals surface area contributed by atoms with Gasteiger partial charge in [-0.2, -0.15) is 0 Å². The Labute approximate surface area is 334 Å². The lowest BCUT2D eigenvalue weighted by Crippen LogP contribution is -2.81. The number of carbonyl (C=O) groups is 2. The van der Waals surface area contributed by atoms with Gasteiger partial charge in [0.1, 0.15) is 0 Å². The minimum Gasteiger partial charge on any atom is -0.478 e. The molecule has 0 aliphatic rings. The molecule has 5 nitrogen and oxygen atoms in total. The Hall–Kier alpha value is -6.91. The van der Waals surface area contributed by atoms with Crippen molar-refractivity contribution < 1.29 is 23.9 Å². The second-order valence-corrected chi connectivity index (χ2v) is 20.8. The van der Waals surface area contributed by atoms with Crippen LogP contribution in [0.4, 0.5) is 0 Å². The Morgan fingerprint density at radius 1 is 0.316 bits per heavy atom. The van der Waals surface area contributed by atoms with E-state index in [1.807, 2.05) is 84.9 Å². The van der Waals surface area contributed by atoms with Crippen LogP contribution in [0.25, 0.3) is 22.3 Å². The minimum absolute atomic E-state index is 0.231. The van der Waals surface area contributed by atoms with Crippen LogP contribution in [-0.4, -0.2) is 38.8 Å². The Morgan fingerprint density at radius 2 is 0.561 bits per heavy atom. The molecule has 0 amide bonds. The van der Waals surface area contributed by atoms with Gasteiger partial charge in [0.25, 0.3) is 16.6 Å². The molecule has 0 unspecified atom stereocenters. The van der Waals surface area contributed by atoms with Crippen molar-refractivity contribution in [1.29, 1.82) is 0 Å². The zero-order valence-electron chi connectivity index (χ0n) is 30.9. The molecule has 7 heteroatoms. The molecule has 0 aromatic heterocycles. The van der Waals surface area contributed by atoms with Crippen molar-refractivity contribution in [1.82, 2.24) is 0 Å². The first-order chi connectivity index (χ1) is 27.9. The van der Waals surface area contributed by atoms with Crippen molar-refractivity contribution in [2.45, 2.75) is 0 Å². The van der Waals surface area contributed by atoms with Gasteiger partial charge in [-0.25, -0.2) is 9.59 Å². The van der Waals surface area contributed by atoms with E-state index >= 15 is 0 Å². The molecule has 0 spiro atoms. The highest BCUT2D eigenvalue weighted by molar-refractivity contribution is 7.18. The van der Waals surface area contributed by atoms with E-state index in [9.17, 15) is 19.8 Å². The van der Waals surface area contributed by atoms with Gasteiger partial charge in [0, 0.05) is 0 Å². The summed E-state index contributed by atoms with van der Waals surface area (Å²) in [6.45, 7) is 0. The van der Waals surface area contributed by atoms with E-state index < -0.39 is 28.6 Å². The van der Waals surface area contributed by atoms with Crippen LogP contribution < -0.4 is 31.1 Å². The molecule has 57 heavy (non-hydrogen) atoms. The van der Waals surface area contributed by atoms with E-state index in [0.717, 1.165) is 42.2 Å². The zero-order valence-corrected chi connectivity index (χ0v) is 32.9. The first kappa shape index (κ1) is 37.0. The van der Waals surface area contributed by atoms with Crippen LogP contribution in [0.5, 0.6) is 0 Å². The monoisotopic (exact) mass is 774 g/mol. The number of aromatic carboxylic acids is 2. The van der Waals surface area contributed by atoms with Gasteiger partial charge < -0.3 is 14.3 Å². The second-order valence-electron chi connectivity index (χ2n) is 13.8. The third-order valence-corrected chi connectivity index (χ3v) is 19.9. The normalized spacial score (nSPS) is 11.5. The van der Waals surface area contributed by atoms with Gasteiger partial charge in [0.15, 0.2) is 0 Å². The summed E-state index contributed by atoms with van der Waals surface area (Å²) in [6, 6.07) is 72.5. The molecule has 0 heterocycles. The standard InChI is InChI=1S/C50H38O5Si2/c51-49(52)47-27-15-13-25-45(47)37-29-33-43(34-30-37)57(42-23-11-4-12-24-42,44-35-31-38(32-36-44)46-26-14-16-28-48(46)50(53)54)55-56(39-17-5-1-6-18-39,40-19-7-2-8-20-40)41-21-9-3-10-22-41/h1-36H,(H,51,52)(H,53,54). The average molecular weight is 775 g/mol. The highest BCUT2D eigenvalue weighted by Gasteiger charge is 2.53. The van der Waals surface area contributed by atoms with Gasteiger partial charge >= 0.3 is 11.9 Å². The zero-order chi connectivity index (χ0) is 39.2. The first-order valence-electron chi connectivity index (χ1n) is 18.7. The van der Waals surface area contributed by atoms with Crippen LogP contribution in [0.15, 0.2) is 218 Å². The highest BCUT2D eigenvalue weighted by atomic mass is 28.4. The summed E-state index contributed by atoms with van der Waals surface area (Å²) in [7, 11) is -7.00. The Balaban J connectivity index is 1.45. The number of carboxylic acid groups (broad SMARTS) is 2. The van der Waals surface area contributed by atoms with Crippen LogP contribution in [0.1, 0.15) is 20.7 Å². The molecule has 0 aliphatic carbocycles. The van der Waals surface area contributed by atoms with Crippen molar-refractivity contribution in [3.05, 3.63) is 230 Å². The predicted octanol–water partition coefficient (Wildman–Crippen LogP) is 7.07. The number of hydrogen-bond donors (Lipinski definition) is 2. The van der Waals surface area contributed by atoms with Gasteiger partial charge in [-0.15, -0.1) is 0 Å². The number of benzene rings is 8. The summed E-state index contributed by atoms with van der Waals surface area (Å²) in [5.74, 6) is -1.97.